The molecule has 1 aromatic heterocycles. The predicted molar refractivity (Wildman–Crippen MR) is 68.5 cm³/mol. The van der Waals surface area contributed by atoms with Gasteiger partial charge in [0, 0.05) is 24.1 Å². The highest BCUT2D eigenvalue weighted by molar-refractivity contribution is 8.00. The Morgan fingerprint density at radius 2 is 2.47 bits per heavy atom. The zero-order valence-corrected chi connectivity index (χ0v) is 11.0. The Balaban J connectivity index is 1.78. The van der Waals surface area contributed by atoms with Gasteiger partial charge in [0.2, 0.25) is 10.0 Å². The Hall–Kier alpha value is -0.500. The van der Waals surface area contributed by atoms with Gasteiger partial charge >= 0.3 is 0 Å². The second-order valence-corrected chi connectivity index (χ2v) is 6.94. The van der Waals surface area contributed by atoms with Crippen molar-refractivity contribution < 1.29 is 12.8 Å². The molecule has 17 heavy (non-hydrogen) atoms. The standard InChI is InChI=1S/C10H16N2O3S2/c13-17(14)5-4-16-8-9(12-17)6-11-7-10-2-1-3-15-10/h1-3,9,11-12H,4-8H2/t9-/m1/s1. The van der Waals surface area contributed by atoms with Crippen molar-refractivity contribution in [1.82, 2.24) is 10.0 Å². The molecule has 2 N–H and O–H groups in total. The Morgan fingerprint density at radius 1 is 1.59 bits per heavy atom. The Kier molecular flexibility index (Phi) is 4.49. The summed E-state index contributed by atoms with van der Waals surface area (Å²) >= 11 is 1.67. The number of hydrogen-bond acceptors (Lipinski definition) is 5. The third-order valence-electron chi connectivity index (χ3n) is 2.43. The maximum Gasteiger partial charge on any atom is 0.212 e. The first-order valence-electron chi connectivity index (χ1n) is 5.46. The number of sulfonamides is 1. The zero-order chi connectivity index (χ0) is 12.1. The van der Waals surface area contributed by atoms with Crippen LogP contribution in [0.4, 0.5) is 0 Å². The van der Waals surface area contributed by atoms with E-state index in [1.54, 1.807) is 18.0 Å². The van der Waals surface area contributed by atoms with E-state index in [2.05, 4.69) is 10.0 Å². The molecule has 0 aromatic carbocycles. The maximum atomic E-state index is 11.5. The molecule has 2 rings (SSSR count). The molecule has 7 heteroatoms. The monoisotopic (exact) mass is 276 g/mol. The average molecular weight is 276 g/mol. The van der Waals surface area contributed by atoms with Gasteiger partial charge in [-0.1, -0.05) is 0 Å². The van der Waals surface area contributed by atoms with Gasteiger partial charge in [0.15, 0.2) is 0 Å². The maximum absolute atomic E-state index is 11.5. The fourth-order valence-electron chi connectivity index (χ4n) is 1.62. The molecule has 0 saturated carbocycles. The van der Waals surface area contributed by atoms with Crippen LogP contribution in [-0.4, -0.2) is 38.3 Å². The van der Waals surface area contributed by atoms with E-state index in [0.29, 0.717) is 18.8 Å². The van der Waals surface area contributed by atoms with Crippen LogP contribution in [0.2, 0.25) is 0 Å². The van der Waals surface area contributed by atoms with E-state index in [4.69, 9.17) is 4.42 Å². The number of hydrogen-bond donors (Lipinski definition) is 2. The van der Waals surface area contributed by atoms with Crippen LogP contribution in [-0.2, 0) is 16.6 Å². The van der Waals surface area contributed by atoms with Gasteiger partial charge in [-0.05, 0) is 12.1 Å². The minimum absolute atomic E-state index is 0.0394. The summed E-state index contributed by atoms with van der Waals surface area (Å²) < 4.78 is 30.9. The molecule has 96 valence electrons. The molecule has 1 aliphatic heterocycles. The SMILES string of the molecule is O=S1(=O)CCSC[C@@H](CNCc2ccco2)N1. The van der Waals surface area contributed by atoms with Crippen LogP contribution in [0.15, 0.2) is 22.8 Å². The molecule has 0 unspecified atom stereocenters. The van der Waals surface area contributed by atoms with E-state index in [-0.39, 0.29) is 11.8 Å². The quantitative estimate of drug-likeness (QED) is 0.833. The summed E-state index contributed by atoms with van der Waals surface area (Å²) in [6.07, 6.45) is 1.63. The predicted octanol–water partition coefficient (Wildman–Crippen LogP) is 0.404. The molecule has 5 nitrogen and oxygen atoms in total. The largest absolute Gasteiger partial charge is 0.468 e. The smallest absolute Gasteiger partial charge is 0.212 e. The van der Waals surface area contributed by atoms with E-state index in [1.807, 2.05) is 12.1 Å². The molecule has 0 radical (unpaired) electrons. The van der Waals surface area contributed by atoms with Crippen molar-refractivity contribution in [3.05, 3.63) is 24.2 Å². The zero-order valence-electron chi connectivity index (χ0n) is 9.39. The Bertz CT molecular complexity index is 430. The fraction of sp³-hybridized carbons (Fsp3) is 0.600. The first-order chi connectivity index (χ1) is 8.16. The first-order valence-corrected chi connectivity index (χ1v) is 8.27. The molecule has 1 fully saturated rings. The van der Waals surface area contributed by atoms with E-state index in [1.165, 1.54) is 0 Å². The summed E-state index contributed by atoms with van der Waals surface area (Å²) in [7, 11) is -3.09. The number of rotatable bonds is 4. The first kappa shape index (κ1) is 12.9. The lowest BCUT2D eigenvalue weighted by Crippen LogP contribution is -2.42. The lowest BCUT2D eigenvalue weighted by Gasteiger charge is -2.15. The number of thioether (sulfide) groups is 1. The summed E-state index contributed by atoms with van der Waals surface area (Å²) in [4.78, 5) is 0. The highest BCUT2D eigenvalue weighted by Crippen LogP contribution is 2.09. The van der Waals surface area contributed by atoms with Gasteiger partial charge in [0.1, 0.15) is 5.76 Å². The van der Waals surface area contributed by atoms with Crippen LogP contribution in [0.1, 0.15) is 5.76 Å². The van der Waals surface area contributed by atoms with E-state index in [9.17, 15) is 8.42 Å². The minimum atomic E-state index is -3.09. The van der Waals surface area contributed by atoms with Gasteiger partial charge in [-0.3, -0.25) is 0 Å². The highest BCUT2D eigenvalue weighted by Gasteiger charge is 2.21. The van der Waals surface area contributed by atoms with Crippen molar-refractivity contribution in [2.75, 3.05) is 23.8 Å². The van der Waals surface area contributed by atoms with Gasteiger partial charge in [-0.25, -0.2) is 13.1 Å². The van der Waals surface area contributed by atoms with Crippen molar-refractivity contribution in [1.29, 1.82) is 0 Å². The molecule has 2 heterocycles. The molecule has 1 atom stereocenters. The lowest BCUT2D eigenvalue weighted by molar-refractivity contribution is 0.471. The van der Waals surface area contributed by atoms with Gasteiger partial charge in [0.25, 0.3) is 0 Å². The third kappa shape index (κ3) is 4.34. The molecule has 1 saturated heterocycles. The second-order valence-electron chi connectivity index (χ2n) is 3.92. The summed E-state index contributed by atoms with van der Waals surface area (Å²) in [6.45, 7) is 1.24. The van der Waals surface area contributed by atoms with Crippen molar-refractivity contribution in [2.24, 2.45) is 0 Å². The third-order valence-corrected chi connectivity index (χ3v) is 5.26. The van der Waals surface area contributed by atoms with Crippen LogP contribution in [0.3, 0.4) is 0 Å². The minimum Gasteiger partial charge on any atom is -0.468 e. The summed E-state index contributed by atoms with van der Waals surface area (Å²) in [6, 6.07) is 3.68. The molecule has 1 aromatic rings. The van der Waals surface area contributed by atoms with Crippen LogP contribution < -0.4 is 10.0 Å². The van der Waals surface area contributed by atoms with Crippen LogP contribution in [0.25, 0.3) is 0 Å². The fourth-order valence-corrected chi connectivity index (χ4v) is 4.52. The number of nitrogens with one attached hydrogen (secondary N) is 2. The molecule has 1 aliphatic rings. The summed E-state index contributed by atoms with van der Waals surface area (Å²) in [5.41, 5.74) is 0. The molecule has 0 bridgehead atoms. The molecule has 0 aliphatic carbocycles. The van der Waals surface area contributed by atoms with Gasteiger partial charge in [-0.15, -0.1) is 0 Å². The lowest BCUT2D eigenvalue weighted by atomic mass is 10.3. The van der Waals surface area contributed by atoms with E-state index in [0.717, 1.165) is 11.5 Å². The van der Waals surface area contributed by atoms with Gasteiger partial charge < -0.3 is 9.73 Å². The molecule has 0 amide bonds. The van der Waals surface area contributed by atoms with Crippen LogP contribution in [0, 0.1) is 0 Å². The molecular weight excluding hydrogens is 260 g/mol. The number of furan rings is 1. The summed E-state index contributed by atoms with van der Waals surface area (Å²) in [5.74, 6) is 2.55. The average Bonchev–Trinajstić information content (AvgIpc) is 2.70. The Labute approximate surface area is 105 Å². The molecular formula is C10H16N2O3S2. The van der Waals surface area contributed by atoms with Crippen molar-refractivity contribution in [3.8, 4) is 0 Å². The second kappa shape index (κ2) is 5.90. The molecule has 0 spiro atoms. The van der Waals surface area contributed by atoms with Crippen LogP contribution in [0.5, 0.6) is 0 Å². The topological polar surface area (TPSA) is 71.3 Å². The van der Waals surface area contributed by atoms with Crippen molar-refractivity contribution >= 4 is 21.8 Å². The normalized spacial score (nSPS) is 24.4. The van der Waals surface area contributed by atoms with Crippen LogP contribution >= 0.6 is 11.8 Å². The van der Waals surface area contributed by atoms with Crippen molar-refractivity contribution in [2.45, 2.75) is 12.6 Å². The van der Waals surface area contributed by atoms with Gasteiger partial charge in [-0.2, -0.15) is 11.8 Å². The Morgan fingerprint density at radius 3 is 3.24 bits per heavy atom. The van der Waals surface area contributed by atoms with E-state index < -0.39 is 10.0 Å². The van der Waals surface area contributed by atoms with E-state index >= 15 is 0 Å². The van der Waals surface area contributed by atoms with Gasteiger partial charge in [0.05, 0.1) is 18.6 Å². The highest BCUT2D eigenvalue weighted by atomic mass is 32.2. The summed E-state index contributed by atoms with van der Waals surface area (Å²) in [5, 5.41) is 3.19. The van der Waals surface area contributed by atoms with Crippen molar-refractivity contribution in [3.63, 3.8) is 0 Å².